The lowest BCUT2D eigenvalue weighted by Crippen LogP contribution is -2.18. The van der Waals surface area contributed by atoms with Crippen molar-refractivity contribution in [3.63, 3.8) is 0 Å². The minimum atomic E-state index is -0.803. The van der Waals surface area contributed by atoms with Crippen LogP contribution in [0.4, 0.5) is 4.79 Å². The van der Waals surface area contributed by atoms with Crippen molar-refractivity contribution < 1.29 is 14.3 Å². The number of ether oxygens (including phenoxy) is 1. The number of hydrogen-bond acceptors (Lipinski definition) is 4. The van der Waals surface area contributed by atoms with Gasteiger partial charge in [0.1, 0.15) is 6.61 Å². The third kappa shape index (κ3) is 4.55. The summed E-state index contributed by atoms with van der Waals surface area (Å²) in [5.74, 6) is 0. The Morgan fingerprint density at radius 2 is 2.60 bits per heavy atom. The molecule has 0 bridgehead atoms. The fraction of sp³-hybridized carbons (Fsp3) is 0.200. The van der Waals surface area contributed by atoms with Gasteiger partial charge < -0.3 is 4.74 Å². The Balaban J connectivity index is 3.43. The lowest BCUT2D eigenvalue weighted by Gasteiger charge is -1.95. The first-order valence-corrected chi connectivity index (χ1v) is 2.41. The Morgan fingerprint density at radius 3 is 3.10 bits per heavy atom. The average molecular weight is 142 g/mol. The van der Waals surface area contributed by atoms with Gasteiger partial charge in [-0.15, -0.1) is 0 Å². The fourth-order valence-electron chi connectivity index (χ4n) is 0.235. The molecule has 0 radical (unpaired) electrons. The minimum Gasteiger partial charge on any atom is -0.444 e. The molecule has 1 amide bonds. The number of rotatable bonds is 3. The minimum absolute atomic E-state index is 0.0835. The van der Waals surface area contributed by atoms with Crippen LogP contribution in [0.5, 0.6) is 0 Å². The van der Waals surface area contributed by atoms with Crippen LogP contribution in [0.1, 0.15) is 0 Å². The first-order valence-electron chi connectivity index (χ1n) is 2.41. The van der Waals surface area contributed by atoms with Gasteiger partial charge in [0.25, 0.3) is 6.08 Å². The van der Waals surface area contributed by atoms with Gasteiger partial charge in [-0.25, -0.2) is 15.0 Å². The molecular formula is C5H6N2O3. The lowest BCUT2D eigenvalue weighted by atomic mass is 10.7. The second kappa shape index (κ2) is 5.53. The highest BCUT2D eigenvalue weighted by molar-refractivity contribution is 5.67. The quantitative estimate of drug-likeness (QED) is 0.264. The van der Waals surface area contributed by atoms with E-state index in [1.165, 1.54) is 6.08 Å². The number of carbonyl (C=O) groups is 1. The molecule has 0 aliphatic carbocycles. The number of amides is 1. The van der Waals surface area contributed by atoms with E-state index >= 15 is 0 Å². The summed E-state index contributed by atoms with van der Waals surface area (Å²) in [6.45, 7) is 3.38. The number of hydrogen-bond donors (Lipinski definition) is 1. The summed E-state index contributed by atoms with van der Waals surface area (Å²) in [7, 11) is 0. The Morgan fingerprint density at radius 1 is 1.90 bits per heavy atom. The Hall–Kier alpha value is -1.61. The smallest absolute Gasteiger partial charge is 0.428 e. The third-order valence-electron chi connectivity index (χ3n) is 0.525. The van der Waals surface area contributed by atoms with E-state index in [0.29, 0.717) is 0 Å². The number of carbonyl (C=O) groups excluding carboxylic acids is 2. The third-order valence-corrected chi connectivity index (χ3v) is 0.525. The van der Waals surface area contributed by atoms with Crippen molar-refractivity contribution in [3.8, 4) is 0 Å². The lowest BCUT2D eigenvalue weighted by molar-refractivity contribution is 0.158. The van der Waals surface area contributed by atoms with Crippen molar-refractivity contribution in [3.05, 3.63) is 12.7 Å². The van der Waals surface area contributed by atoms with Gasteiger partial charge >= 0.3 is 6.09 Å². The van der Waals surface area contributed by atoms with E-state index in [4.69, 9.17) is 0 Å². The van der Waals surface area contributed by atoms with Crippen LogP contribution in [0.15, 0.2) is 17.8 Å². The monoisotopic (exact) mass is 142 g/mol. The van der Waals surface area contributed by atoms with Crippen LogP contribution in [0, 0.1) is 0 Å². The first-order chi connectivity index (χ1) is 4.81. The molecule has 0 unspecified atom stereocenters. The molecule has 0 spiro atoms. The van der Waals surface area contributed by atoms with Crippen molar-refractivity contribution in [2.75, 3.05) is 6.61 Å². The maximum atomic E-state index is 10.3. The van der Waals surface area contributed by atoms with E-state index in [1.54, 1.807) is 5.43 Å². The summed E-state index contributed by atoms with van der Waals surface area (Å²) < 4.78 is 4.35. The van der Waals surface area contributed by atoms with Crippen molar-refractivity contribution in [1.82, 2.24) is 5.43 Å². The number of isocyanates is 1. The zero-order valence-corrected chi connectivity index (χ0v) is 5.16. The summed E-state index contributed by atoms with van der Waals surface area (Å²) in [6, 6.07) is 0. The Kier molecular flexibility index (Phi) is 4.64. The molecule has 0 aliphatic rings. The Bertz CT molecular complexity index is 172. The van der Waals surface area contributed by atoms with E-state index in [-0.39, 0.29) is 6.61 Å². The highest BCUT2D eigenvalue weighted by atomic mass is 16.5. The van der Waals surface area contributed by atoms with Gasteiger partial charge in [-0.05, 0) is 0 Å². The topological polar surface area (TPSA) is 67.8 Å². The molecular weight excluding hydrogens is 136 g/mol. The highest BCUT2D eigenvalue weighted by Crippen LogP contribution is 1.75. The predicted molar refractivity (Wildman–Crippen MR) is 32.8 cm³/mol. The van der Waals surface area contributed by atoms with E-state index in [0.717, 1.165) is 6.08 Å². The van der Waals surface area contributed by atoms with Crippen LogP contribution in [-0.4, -0.2) is 18.8 Å². The average Bonchev–Trinajstić information content (AvgIpc) is 1.97. The zero-order valence-electron chi connectivity index (χ0n) is 5.16. The van der Waals surface area contributed by atoms with Crippen molar-refractivity contribution in [2.24, 2.45) is 5.10 Å². The normalized spacial score (nSPS) is 7.20. The van der Waals surface area contributed by atoms with Gasteiger partial charge in [0, 0.05) is 0 Å². The summed E-state index contributed by atoms with van der Waals surface area (Å²) in [5, 5.41) is 2.76. The van der Waals surface area contributed by atoms with Gasteiger partial charge in [0.15, 0.2) is 0 Å². The van der Waals surface area contributed by atoms with E-state index in [2.05, 4.69) is 16.4 Å². The van der Waals surface area contributed by atoms with Crippen LogP contribution in [-0.2, 0) is 9.53 Å². The van der Waals surface area contributed by atoms with Gasteiger partial charge in [0.2, 0.25) is 0 Å². The second-order valence-corrected chi connectivity index (χ2v) is 1.20. The van der Waals surface area contributed by atoms with Gasteiger partial charge in [-0.3, -0.25) is 0 Å². The summed E-state index contributed by atoms with van der Waals surface area (Å²) in [5.41, 5.74) is 1.76. The standard InChI is InChI=1S/C5H6N2O3/c1-2-3-10-5(9)7-6-4-8/h2H,1,3H2,(H,7,9). The van der Waals surface area contributed by atoms with Gasteiger partial charge in [-0.1, -0.05) is 17.8 Å². The van der Waals surface area contributed by atoms with Crippen LogP contribution in [0.25, 0.3) is 0 Å². The SMILES string of the molecule is C=CCOC(=O)NN=C=O. The van der Waals surface area contributed by atoms with Crippen LogP contribution in [0.3, 0.4) is 0 Å². The van der Waals surface area contributed by atoms with Crippen LogP contribution in [0.2, 0.25) is 0 Å². The fourth-order valence-corrected chi connectivity index (χ4v) is 0.235. The highest BCUT2D eigenvalue weighted by Gasteiger charge is 1.94. The molecule has 54 valence electrons. The largest absolute Gasteiger partial charge is 0.444 e. The summed E-state index contributed by atoms with van der Waals surface area (Å²) in [6.07, 6.45) is 1.70. The van der Waals surface area contributed by atoms with Crippen molar-refractivity contribution in [2.45, 2.75) is 0 Å². The molecule has 0 atom stereocenters. The molecule has 0 saturated heterocycles. The molecule has 0 aromatic heterocycles. The molecule has 0 heterocycles. The van der Waals surface area contributed by atoms with E-state index < -0.39 is 6.09 Å². The second-order valence-electron chi connectivity index (χ2n) is 1.20. The maximum Gasteiger partial charge on any atom is 0.428 e. The van der Waals surface area contributed by atoms with Crippen LogP contribution < -0.4 is 5.43 Å². The zero-order chi connectivity index (χ0) is 7.82. The molecule has 0 fully saturated rings. The molecule has 0 aliphatic heterocycles. The molecule has 1 N–H and O–H groups in total. The molecule has 0 rings (SSSR count). The van der Waals surface area contributed by atoms with Crippen molar-refractivity contribution in [1.29, 1.82) is 0 Å². The van der Waals surface area contributed by atoms with Crippen molar-refractivity contribution >= 4 is 12.2 Å². The molecule has 5 nitrogen and oxygen atoms in total. The Labute approximate surface area is 57.4 Å². The molecule has 10 heavy (non-hydrogen) atoms. The van der Waals surface area contributed by atoms with Gasteiger partial charge in [0.05, 0.1) is 0 Å². The predicted octanol–water partition coefficient (Wildman–Crippen LogP) is 0.149. The maximum absolute atomic E-state index is 10.3. The molecule has 0 aromatic carbocycles. The first kappa shape index (κ1) is 8.39. The van der Waals surface area contributed by atoms with Crippen LogP contribution >= 0.6 is 0 Å². The number of nitrogens with zero attached hydrogens (tertiary/aromatic N) is 1. The molecule has 0 aromatic rings. The number of nitrogens with one attached hydrogen (secondary N) is 1. The summed E-state index contributed by atoms with van der Waals surface area (Å²) in [4.78, 5) is 19.7. The molecule has 0 saturated carbocycles. The molecule has 5 heteroatoms. The van der Waals surface area contributed by atoms with E-state index in [1.807, 2.05) is 0 Å². The van der Waals surface area contributed by atoms with Gasteiger partial charge in [-0.2, -0.15) is 0 Å². The van der Waals surface area contributed by atoms with E-state index in [9.17, 15) is 9.59 Å². The summed E-state index contributed by atoms with van der Waals surface area (Å²) >= 11 is 0. The number of hydrazone groups is 1.